The highest BCUT2D eigenvalue weighted by Crippen LogP contribution is 2.28. The first-order valence-corrected chi connectivity index (χ1v) is 16.4. The van der Waals surface area contributed by atoms with Gasteiger partial charge in [-0.3, -0.25) is 14.5 Å². The third kappa shape index (κ3) is 6.39. The molecule has 0 spiro atoms. The number of β-amino-alcohol motifs (C(OH)–C–C–N with tert-alkyl or cyclic N) is 1. The van der Waals surface area contributed by atoms with Gasteiger partial charge in [-0.25, -0.2) is 4.98 Å². The van der Waals surface area contributed by atoms with Crippen molar-refractivity contribution >= 4 is 23.6 Å². The normalized spacial score (nSPS) is 22.5. The number of aliphatic hydroxyl groups excluding tert-OH is 1. The van der Waals surface area contributed by atoms with Gasteiger partial charge in [0.1, 0.15) is 11.5 Å². The lowest BCUT2D eigenvalue weighted by molar-refractivity contribution is -0.129. The number of fused-ring (bicyclic) bond motifs is 2. The Hall–Kier alpha value is -4.02. The number of hydrogen-bond acceptors (Lipinski definition) is 8. The summed E-state index contributed by atoms with van der Waals surface area (Å²) in [6, 6.07) is 18.9. The van der Waals surface area contributed by atoms with E-state index in [2.05, 4.69) is 63.6 Å². The second-order valence-corrected chi connectivity index (χ2v) is 13.0. The molecule has 2 atom stereocenters. The van der Waals surface area contributed by atoms with Crippen LogP contribution in [0.3, 0.4) is 0 Å². The van der Waals surface area contributed by atoms with Crippen LogP contribution < -0.4 is 10.2 Å². The van der Waals surface area contributed by atoms with Crippen LogP contribution in [-0.2, 0) is 30.7 Å². The van der Waals surface area contributed by atoms with Gasteiger partial charge in [-0.1, -0.05) is 48.5 Å². The lowest BCUT2D eigenvalue weighted by Crippen LogP contribution is -2.56. The number of likely N-dealkylation sites (tertiary alicyclic amines) is 2. The molecule has 2 N–H and O–H groups in total. The number of hydrogen-bond donors (Lipinski definition) is 2. The molecule has 0 radical (unpaired) electrons. The van der Waals surface area contributed by atoms with E-state index in [4.69, 9.17) is 9.97 Å². The van der Waals surface area contributed by atoms with Crippen LogP contribution in [0, 0.1) is 0 Å². The first-order chi connectivity index (χ1) is 21.9. The van der Waals surface area contributed by atoms with Crippen LogP contribution in [0.5, 0.6) is 0 Å². The molecule has 3 aromatic rings. The largest absolute Gasteiger partial charge is 0.390 e. The number of aromatic nitrogens is 2. The minimum absolute atomic E-state index is 0.0230. The fourth-order valence-corrected chi connectivity index (χ4v) is 7.47. The zero-order chi connectivity index (χ0) is 30.9. The molecule has 0 aliphatic carbocycles. The summed E-state index contributed by atoms with van der Waals surface area (Å²) in [6.45, 7) is 7.09. The number of carbonyl (C=O) groups is 2. The summed E-state index contributed by atoms with van der Waals surface area (Å²) >= 11 is 0. The molecule has 0 saturated carbocycles. The van der Waals surface area contributed by atoms with Gasteiger partial charge in [-0.05, 0) is 54.4 Å². The molecular weight excluding hydrogens is 566 g/mol. The zero-order valence-electron chi connectivity index (χ0n) is 26.1. The maximum Gasteiger partial charge on any atom is 0.272 e. The first kappa shape index (κ1) is 29.7. The van der Waals surface area contributed by atoms with Crippen molar-refractivity contribution in [3.8, 4) is 0 Å². The predicted octanol–water partition coefficient (Wildman–Crippen LogP) is 3.10. The lowest BCUT2D eigenvalue weighted by atomic mass is 9.94. The van der Waals surface area contributed by atoms with Crippen LogP contribution in [0.2, 0.25) is 0 Å². The van der Waals surface area contributed by atoms with Gasteiger partial charge in [0.05, 0.1) is 6.10 Å². The van der Waals surface area contributed by atoms with E-state index in [1.54, 1.807) is 17.9 Å². The van der Waals surface area contributed by atoms with E-state index in [0.29, 0.717) is 43.6 Å². The minimum Gasteiger partial charge on any atom is -0.390 e. The summed E-state index contributed by atoms with van der Waals surface area (Å²) < 4.78 is 0. The SMILES string of the molecule is CC(=O)N1CCC(Nc2cc(C(=O)N3CC[C@@H](N4CCc5ccccc5C4)[C@H](O)C3)nc(N3CCc4ccccc4C3)n2)CC1. The molecule has 2 fully saturated rings. The van der Waals surface area contributed by atoms with Gasteiger partial charge in [0.15, 0.2) is 0 Å². The van der Waals surface area contributed by atoms with Gasteiger partial charge in [-0.15, -0.1) is 0 Å². The topological polar surface area (TPSA) is 105 Å². The summed E-state index contributed by atoms with van der Waals surface area (Å²) in [4.78, 5) is 43.8. The van der Waals surface area contributed by atoms with Crippen LogP contribution >= 0.6 is 0 Å². The molecule has 5 heterocycles. The van der Waals surface area contributed by atoms with Crippen molar-refractivity contribution in [1.29, 1.82) is 0 Å². The van der Waals surface area contributed by atoms with Gasteiger partial charge in [0, 0.05) is 77.4 Å². The van der Waals surface area contributed by atoms with Gasteiger partial charge >= 0.3 is 0 Å². The monoisotopic (exact) mass is 609 g/mol. The molecule has 0 unspecified atom stereocenters. The van der Waals surface area contributed by atoms with Gasteiger partial charge in [0.25, 0.3) is 5.91 Å². The molecule has 4 aliphatic heterocycles. The zero-order valence-corrected chi connectivity index (χ0v) is 26.1. The molecule has 10 nitrogen and oxygen atoms in total. The number of aliphatic hydroxyl groups is 1. The molecule has 2 aromatic carbocycles. The van der Waals surface area contributed by atoms with Gasteiger partial charge < -0.3 is 25.1 Å². The number of piperidine rings is 2. The molecule has 45 heavy (non-hydrogen) atoms. The molecular formula is C35H43N7O3. The molecule has 10 heteroatoms. The van der Waals surface area contributed by atoms with Crippen molar-refractivity contribution in [2.75, 3.05) is 49.5 Å². The van der Waals surface area contributed by atoms with E-state index in [0.717, 1.165) is 51.7 Å². The van der Waals surface area contributed by atoms with E-state index in [-0.39, 0.29) is 30.4 Å². The molecule has 7 rings (SSSR count). The maximum absolute atomic E-state index is 14.0. The fourth-order valence-electron chi connectivity index (χ4n) is 7.47. The number of benzene rings is 2. The van der Waals surface area contributed by atoms with E-state index < -0.39 is 6.10 Å². The Morgan fingerprint density at radius 1 is 0.800 bits per heavy atom. The molecule has 1 aromatic heterocycles. The Morgan fingerprint density at radius 2 is 1.44 bits per heavy atom. The summed E-state index contributed by atoms with van der Waals surface area (Å²) in [7, 11) is 0. The number of amides is 2. The summed E-state index contributed by atoms with van der Waals surface area (Å²) in [5.74, 6) is 1.10. The molecule has 2 saturated heterocycles. The summed E-state index contributed by atoms with van der Waals surface area (Å²) in [6.07, 6.45) is 3.60. The number of nitrogens with one attached hydrogen (secondary N) is 1. The maximum atomic E-state index is 14.0. The van der Waals surface area contributed by atoms with Crippen LogP contribution in [-0.4, -0.2) is 99.0 Å². The molecule has 2 amide bonds. The molecule has 236 valence electrons. The Morgan fingerprint density at radius 3 is 2.13 bits per heavy atom. The van der Waals surface area contributed by atoms with E-state index in [1.165, 1.54) is 22.3 Å². The summed E-state index contributed by atoms with van der Waals surface area (Å²) in [5, 5.41) is 14.9. The second kappa shape index (κ2) is 12.8. The number of rotatable bonds is 5. The van der Waals surface area contributed by atoms with Gasteiger partial charge in [-0.2, -0.15) is 4.98 Å². The van der Waals surface area contributed by atoms with Crippen molar-refractivity contribution in [2.24, 2.45) is 0 Å². The van der Waals surface area contributed by atoms with Crippen LogP contribution in [0.1, 0.15) is 58.9 Å². The molecule has 0 bridgehead atoms. The highest BCUT2D eigenvalue weighted by atomic mass is 16.3. The lowest BCUT2D eigenvalue weighted by Gasteiger charge is -2.43. The quantitative estimate of drug-likeness (QED) is 0.455. The highest BCUT2D eigenvalue weighted by molar-refractivity contribution is 5.93. The van der Waals surface area contributed by atoms with E-state index >= 15 is 0 Å². The van der Waals surface area contributed by atoms with Crippen LogP contribution in [0.25, 0.3) is 0 Å². The Bertz CT molecular complexity index is 1560. The Labute approximate surface area is 265 Å². The van der Waals surface area contributed by atoms with Crippen LogP contribution in [0.4, 0.5) is 11.8 Å². The molecule has 4 aliphatic rings. The third-order valence-electron chi connectivity index (χ3n) is 10.1. The van der Waals surface area contributed by atoms with Crippen molar-refractivity contribution in [1.82, 2.24) is 24.7 Å². The smallest absolute Gasteiger partial charge is 0.272 e. The van der Waals surface area contributed by atoms with Crippen molar-refractivity contribution in [3.05, 3.63) is 82.5 Å². The third-order valence-corrected chi connectivity index (χ3v) is 10.1. The number of carbonyl (C=O) groups excluding carboxylic acids is 2. The summed E-state index contributed by atoms with van der Waals surface area (Å²) in [5.41, 5.74) is 5.66. The number of anilines is 2. The predicted molar refractivity (Wildman–Crippen MR) is 173 cm³/mol. The first-order valence-electron chi connectivity index (χ1n) is 16.4. The second-order valence-electron chi connectivity index (χ2n) is 13.0. The highest BCUT2D eigenvalue weighted by Gasteiger charge is 2.36. The Balaban J connectivity index is 1.08. The van der Waals surface area contributed by atoms with Crippen molar-refractivity contribution < 1.29 is 14.7 Å². The van der Waals surface area contributed by atoms with E-state index in [9.17, 15) is 14.7 Å². The Kier molecular flexibility index (Phi) is 8.42. The standard InChI is InChI=1S/C35H43N7O3/c1-24(43)39-17-12-29(13-18-39)36-33-20-30(37-35(38-33)42-16-11-26-7-3-5-9-28(26)22-42)34(45)41-19-14-31(32(44)23-41)40-15-10-25-6-2-4-8-27(25)21-40/h2-9,20,29,31-32,44H,10-19,21-23H2,1H3,(H,36,37,38)/t31-,32-/m1/s1. The van der Waals surface area contributed by atoms with Crippen molar-refractivity contribution in [2.45, 2.75) is 70.3 Å². The average Bonchev–Trinajstić information content (AvgIpc) is 3.07. The van der Waals surface area contributed by atoms with Crippen molar-refractivity contribution in [3.63, 3.8) is 0 Å². The van der Waals surface area contributed by atoms with Crippen LogP contribution in [0.15, 0.2) is 54.6 Å². The average molecular weight is 610 g/mol. The van der Waals surface area contributed by atoms with E-state index in [1.807, 2.05) is 4.90 Å². The fraction of sp³-hybridized carbons (Fsp3) is 0.486. The van der Waals surface area contributed by atoms with Gasteiger partial charge in [0.2, 0.25) is 11.9 Å². The minimum atomic E-state index is -0.628. The number of nitrogens with zero attached hydrogens (tertiary/aromatic N) is 6.